The van der Waals surface area contributed by atoms with Gasteiger partial charge in [-0.05, 0) is 54.7 Å². The van der Waals surface area contributed by atoms with Crippen molar-refractivity contribution in [2.45, 2.75) is 0 Å². The third-order valence-electron chi connectivity index (χ3n) is 5.87. The van der Waals surface area contributed by atoms with E-state index in [1.54, 1.807) is 29.9 Å². The molecule has 36 heavy (non-hydrogen) atoms. The summed E-state index contributed by atoms with van der Waals surface area (Å²) in [6.45, 7) is 0.296. The average Bonchev–Trinajstić information content (AvgIpc) is 3.62. The van der Waals surface area contributed by atoms with Crippen LogP contribution < -0.4 is 5.32 Å². The van der Waals surface area contributed by atoms with Crippen LogP contribution >= 0.6 is 11.3 Å². The van der Waals surface area contributed by atoms with E-state index in [4.69, 9.17) is 0 Å². The average molecular weight is 495 g/mol. The highest BCUT2D eigenvalue weighted by molar-refractivity contribution is 7.08. The van der Waals surface area contributed by atoms with Crippen molar-refractivity contribution in [2.75, 3.05) is 26.0 Å². The summed E-state index contributed by atoms with van der Waals surface area (Å²) in [6, 6.07) is 8.14. The van der Waals surface area contributed by atoms with Gasteiger partial charge in [-0.1, -0.05) is 0 Å². The van der Waals surface area contributed by atoms with Crippen molar-refractivity contribution in [3.63, 3.8) is 0 Å². The number of hydrogen-bond acceptors (Lipinski definition) is 7. The van der Waals surface area contributed by atoms with Crippen molar-refractivity contribution in [3.05, 3.63) is 66.0 Å². The van der Waals surface area contributed by atoms with Gasteiger partial charge in [-0.25, -0.2) is 4.98 Å². The van der Waals surface area contributed by atoms with Gasteiger partial charge in [0.2, 0.25) is 5.91 Å². The first-order valence-corrected chi connectivity index (χ1v) is 12.2. The molecular formula is C26H22N8OS. The highest BCUT2D eigenvalue weighted by Gasteiger charge is 2.15. The lowest BCUT2D eigenvalue weighted by Crippen LogP contribution is -2.27. The molecule has 9 nitrogen and oxygen atoms in total. The van der Waals surface area contributed by atoms with E-state index in [0.717, 1.165) is 49.9 Å². The summed E-state index contributed by atoms with van der Waals surface area (Å²) in [7, 11) is 3.70. The van der Waals surface area contributed by atoms with Crippen LogP contribution in [0.1, 0.15) is 0 Å². The summed E-state index contributed by atoms with van der Waals surface area (Å²) < 4.78 is 0. The second-order valence-corrected chi connectivity index (χ2v) is 9.57. The lowest BCUT2D eigenvalue weighted by molar-refractivity contribution is -0.116. The van der Waals surface area contributed by atoms with Gasteiger partial charge >= 0.3 is 0 Å². The van der Waals surface area contributed by atoms with E-state index in [9.17, 15) is 4.79 Å². The van der Waals surface area contributed by atoms with Crippen LogP contribution in [0, 0.1) is 0 Å². The van der Waals surface area contributed by atoms with Crippen LogP contribution in [-0.4, -0.2) is 61.6 Å². The molecule has 10 heteroatoms. The number of nitrogens with one attached hydrogen (secondary N) is 3. The summed E-state index contributed by atoms with van der Waals surface area (Å²) in [4.78, 5) is 30.8. The maximum atomic E-state index is 12.2. The lowest BCUT2D eigenvalue weighted by atomic mass is 10.1. The molecule has 178 valence electrons. The van der Waals surface area contributed by atoms with Crippen molar-refractivity contribution in [1.82, 2.24) is 35.0 Å². The maximum Gasteiger partial charge on any atom is 0.238 e. The zero-order valence-corrected chi connectivity index (χ0v) is 20.4. The summed E-state index contributed by atoms with van der Waals surface area (Å²) in [5, 5.41) is 16.6. The van der Waals surface area contributed by atoms with Gasteiger partial charge in [0.05, 0.1) is 41.5 Å². The quantitative estimate of drug-likeness (QED) is 0.307. The molecule has 0 spiro atoms. The first kappa shape index (κ1) is 22.1. The molecule has 0 radical (unpaired) electrons. The van der Waals surface area contributed by atoms with E-state index >= 15 is 0 Å². The van der Waals surface area contributed by atoms with Crippen LogP contribution in [0.3, 0.4) is 0 Å². The second kappa shape index (κ2) is 8.99. The number of aromatic amines is 2. The number of likely N-dealkylation sites (N-methyl/N-ethyl adjacent to an activating group) is 1. The standard InChI is InChI=1S/C26H22N8OS/c1-34(2)13-24(35)30-18-5-16(8-27-10-18)17-6-20-25(32-33-26(20)29-9-17)22-7-19-21(15-3-4-36-14-15)11-28-12-23(19)31-22/h3-12,14,31H,13H2,1-2H3,(H,30,35)(H,29,32,33). The van der Waals surface area contributed by atoms with Gasteiger partial charge in [-0.2, -0.15) is 16.4 Å². The number of H-pyrrole nitrogens is 2. The van der Waals surface area contributed by atoms with E-state index in [0.29, 0.717) is 17.9 Å². The van der Waals surface area contributed by atoms with E-state index in [-0.39, 0.29) is 5.91 Å². The molecule has 6 heterocycles. The van der Waals surface area contributed by atoms with Crippen molar-refractivity contribution in [3.8, 4) is 33.6 Å². The number of aromatic nitrogens is 6. The van der Waals surface area contributed by atoms with Crippen molar-refractivity contribution < 1.29 is 4.79 Å². The fraction of sp³-hybridized carbons (Fsp3) is 0.115. The fourth-order valence-corrected chi connectivity index (χ4v) is 4.91. The molecule has 0 aromatic carbocycles. The third-order valence-corrected chi connectivity index (χ3v) is 6.56. The zero-order chi connectivity index (χ0) is 24.6. The minimum atomic E-state index is -0.0974. The van der Waals surface area contributed by atoms with Crippen LogP contribution in [0.15, 0.2) is 66.0 Å². The Hall–Kier alpha value is -4.41. The Morgan fingerprint density at radius 2 is 1.86 bits per heavy atom. The molecule has 0 aliphatic carbocycles. The monoisotopic (exact) mass is 494 g/mol. The predicted molar refractivity (Wildman–Crippen MR) is 143 cm³/mol. The molecule has 6 rings (SSSR count). The smallest absolute Gasteiger partial charge is 0.238 e. The Bertz CT molecular complexity index is 1700. The number of carbonyl (C=O) groups is 1. The second-order valence-electron chi connectivity index (χ2n) is 8.79. The number of carbonyl (C=O) groups excluding carboxylic acids is 1. The first-order valence-electron chi connectivity index (χ1n) is 11.3. The van der Waals surface area contributed by atoms with Gasteiger partial charge < -0.3 is 15.2 Å². The number of pyridine rings is 3. The molecule has 0 unspecified atom stereocenters. The number of fused-ring (bicyclic) bond motifs is 2. The van der Waals surface area contributed by atoms with Crippen molar-refractivity contribution >= 4 is 44.9 Å². The molecule has 1 amide bonds. The van der Waals surface area contributed by atoms with Gasteiger partial charge in [-0.3, -0.25) is 19.9 Å². The van der Waals surface area contributed by atoms with E-state index in [1.807, 2.05) is 43.5 Å². The van der Waals surface area contributed by atoms with Crippen molar-refractivity contribution in [1.29, 1.82) is 0 Å². The number of rotatable bonds is 6. The first-order chi connectivity index (χ1) is 17.5. The number of hydrogen-bond donors (Lipinski definition) is 3. The number of amides is 1. The Morgan fingerprint density at radius 1 is 1.00 bits per heavy atom. The molecule has 0 saturated heterocycles. The SMILES string of the molecule is CN(C)CC(=O)Nc1cncc(-c2cnc3n[nH]c(-c4cc5c(-c6ccsc6)cncc5[nH]4)c3c2)c1. The van der Waals surface area contributed by atoms with Gasteiger partial charge in [-0.15, -0.1) is 0 Å². The summed E-state index contributed by atoms with van der Waals surface area (Å²) >= 11 is 1.66. The number of thiophene rings is 1. The molecular weight excluding hydrogens is 472 g/mol. The van der Waals surface area contributed by atoms with Crippen LogP contribution in [0.2, 0.25) is 0 Å². The molecule has 6 aromatic heterocycles. The molecule has 0 aliphatic heterocycles. The molecule has 3 N–H and O–H groups in total. The predicted octanol–water partition coefficient (Wildman–Crippen LogP) is 4.79. The highest BCUT2D eigenvalue weighted by Crippen LogP contribution is 2.35. The Kier molecular flexibility index (Phi) is 5.51. The lowest BCUT2D eigenvalue weighted by Gasteiger charge is -2.10. The van der Waals surface area contributed by atoms with Gasteiger partial charge in [0.25, 0.3) is 0 Å². The minimum absolute atomic E-state index is 0.0974. The molecule has 6 aromatic rings. The molecule has 0 aliphatic rings. The Balaban J connectivity index is 1.38. The Labute approximate surface area is 210 Å². The van der Waals surface area contributed by atoms with Gasteiger partial charge in [0.1, 0.15) is 0 Å². The van der Waals surface area contributed by atoms with E-state index < -0.39 is 0 Å². The minimum Gasteiger partial charge on any atom is -0.352 e. The normalized spacial score (nSPS) is 11.5. The van der Waals surface area contributed by atoms with Gasteiger partial charge in [0.15, 0.2) is 5.65 Å². The highest BCUT2D eigenvalue weighted by atomic mass is 32.1. The van der Waals surface area contributed by atoms with Crippen LogP contribution in [-0.2, 0) is 4.79 Å². The van der Waals surface area contributed by atoms with E-state index in [2.05, 4.69) is 58.3 Å². The summed E-state index contributed by atoms with van der Waals surface area (Å²) in [5.41, 5.74) is 7.89. The molecule has 0 fully saturated rings. The van der Waals surface area contributed by atoms with Crippen LogP contribution in [0.5, 0.6) is 0 Å². The number of anilines is 1. The molecule has 0 bridgehead atoms. The topological polar surface area (TPSA) is 115 Å². The third kappa shape index (κ3) is 4.12. The van der Waals surface area contributed by atoms with E-state index in [1.165, 1.54) is 0 Å². The summed E-state index contributed by atoms with van der Waals surface area (Å²) in [6.07, 6.45) is 8.88. The Morgan fingerprint density at radius 3 is 2.69 bits per heavy atom. The van der Waals surface area contributed by atoms with Crippen LogP contribution in [0.4, 0.5) is 5.69 Å². The molecule has 0 atom stereocenters. The zero-order valence-electron chi connectivity index (χ0n) is 19.6. The van der Waals surface area contributed by atoms with Crippen LogP contribution in [0.25, 0.3) is 55.6 Å². The largest absolute Gasteiger partial charge is 0.352 e. The fourth-order valence-electron chi connectivity index (χ4n) is 4.25. The van der Waals surface area contributed by atoms with Crippen molar-refractivity contribution in [2.24, 2.45) is 0 Å². The summed E-state index contributed by atoms with van der Waals surface area (Å²) in [5.74, 6) is -0.0974. The van der Waals surface area contributed by atoms with Gasteiger partial charge in [0, 0.05) is 46.1 Å². The number of nitrogens with zero attached hydrogens (tertiary/aromatic N) is 5. The molecule has 0 saturated carbocycles. The maximum absolute atomic E-state index is 12.2.